The number of esters is 1. The average Bonchev–Trinajstić information content (AvgIpc) is 2.38. The van der Waals surface area contributed by atoms with Gasteiger partial charge in [0.25, 0.3) is 0 Å². The molecule has 0 saturated heterocycles. The number of methoxy groups -OCH3 is 1. The Kier molecular flexibility index (Phi) is 5.40. The van der Waals surface area contributed by atoms with E-state index in [1.807, 2.05) is 7.05 Å². The third-order valence-electron chi connectivity index (χ3n) is 3.98. The molecule has 1 aliphatic rings. The lowest BCUT2D eigenvalue weighted by Crippen LogP contribution is -2.57. The molecule has 0 radical (unpaired) electrons. The maximum atomic E-state index is 11.9. The number of carbonyl (C=O) groups excluding carboxylic acids is 1. The zero-order valence-corrected chi connectivity index (χ0v) is 11.6. The maximum Gasteiger partial charge on any atom is 0.326 e. The third-order valence-corrected chi connectivity index (χ3v) is 3.98. The van der Waals surface area contributed by atoms with Crippen molar-refractivity contribution < 1.29 is 9.53 Å². The van der Waals surface area contributed by atoms with Gasteiger partial charge in [-0.2, -0.15) is 0 Å². The van der Waals surface area contributed by atoms with E-state index in [0.717, 1.165) is 32.2 Å². The van der Waals surface area contributed by atoms with Crippen LogP contribution in [-0.2, 0) is 9.53 Å². The van der Waals surface area contributed by atoms with E-state index in [9.17, 15) is 4.79 Å². The summed E-state index contributed by atoms with van der Waals surface area (Å²) in [5.41, 5.74) is -0.473. The van der Waals surface area contributed by atoms with Crippen LogP contribution in [0.15, 0.2) is 0 Å². The van der Waals surface area contributed by atoms with Crippen molar-refractivity contribution in [1.29, 1.82) is 0 Å². The van der Waals surface area contributed by atoms with E-state index in [2.05, 4.69) is 24.2 Å². The lowest BCUT2D eigenvalue weighted by molar-refractivity contribution is -0.150. The van der Waals surface area contributed by atoms with Gasteiger partial charge in [-0.15, -0.1) is 0 Å². The van der Waals surface area contributed by atoms with Crippen molar-refractivity contribution >= 4 is 5.97 Å². The van der Waals surface area contributed by atoms with Gasteiger partial charge in [-0.1, -0.05) is 6.92 Å². The second-order valence-electron chi connectivity index (χ2n) is 5.05. The summed E-state index contributed by atoms with van der Waals surface area (Å²) in [5.74, 6) is -0.116. The van der Waals surface area contributed by atoms with Crippen LogP contribution in [0.1, 0.15) is 39.0 Å². The van der Waals surface area contributed by atoms with E-state index in [1.165, 1.54) is 13.5 Å². The van der Waals surface area contributed by atoms with E-state index < -0.39 is 5.54 Å². The molecule has 1 saturated carbocycles. The Morgan fingerprint density at radius 3 is 2.82 bits per heavy atom. The van der Waals surface area contributed by atoms with Gasteiger partial charge in [0, 0.05) is 6.04 Å². The summed E-state index contributed by atoms with van der Waals surface area (Å²) >= 11 is 0. The Morgan fingerprint density at radius 2 is 2.29 bits per heavy atom. The molecule has 0 aromatic heterocycles. The minimum atomic E-state index is -0.473. The second kappa shape index (κ2) is 6.36. The fraction of sp³-hybridized carbons (Fsp3) is 0.923. The molecule has 0 amide bonds. The van der Waals surface area contributed by atoms with Crippen molar-refractivity contribution in [2.75, 3.05) is 27.7 Å². The lowest BCUT2D eigenvalue weighted by Gasteiger charge is -2.41. The summed E-state index contributed by atoms with van der Waals surface area (Å²) in [6.45, 7) is 3.27. The van der Waals surface area contributed by atoms with Gasteiger partial charge in [0.15, 0.2) is 0 Å². The summed E-state index contributed by atoms with van der Waals surface area (Å²) in [4.78, 5) is 14.3. The first-order valence-corrected chi connectivity index (χ1v) is 6.57. The average molecular weight is 242 g/mol. The van der Waals surface area contributed by atoms with E-state index in [4.69, 9.17) is 4.74 Å². The van der Waals surface area contributed by atoms with Crippen molar-refractivity contribution in [1.82, 2.24) is 10.2 Å². The summed E-state index contributed by atoms with van der Waals surface area (Å²) in [6.07, 6.45) is 5.14. The number of nitrogens with zero attached hydrogens (tertiary/aromatic N) is 1. The number of rotatable bonds is 5. The van der Waals surface area contributed by atoms with Crippen molar-refractivity contribution in [3.05, 3.63) is 0 Å². The molecule has 1 fully saturated rings. The van der Waals surface area contributed by atoms with Gasteiger partial charge in [-0.05, 0) is 52.7 Å². The Hall–Kier alpha value is -0.610. The molecule has 2 atom stereocenters. The number of carbonyl (C=O) groups is 1. The molecule has 1 N–H and O–H groups in total. The fourth-order valence-corrected chi connectivity index (χ4v) is 2.87. The molecular weight excluding hydrogens is 216 g/mol. The zero-order valence-electron chi connectivity index (χ0n) is 11.6. The smallest absolute Gasteiger partial charge is 0.326 e. The molecule has 0 spiro atoms. The largest absolute Gasteiger partial charge is 0.468 e. The first-order chi connectivity index (χ1) is 8.09. The lowest BCUT2D eigenvalue weighted by atomic mass is 9.78. The Labute approximate surface area is 105 Å². The van der Waals surface area contributed by atoms with Gasteiger partial charge in [0.05, 0.1) is 7.11 Å². The van der Waals surface area contributed by atoms with E-state index in [0.29, 0.717) is 6.04 Å². The molecule has 0 aromatic carbocycles. The number of ether oxygens (including phenoxy) is 1. The van der Waals surface area contributed by atoms with Crippen molar-refractivity contribution in [3.63, 3.8) is 0 Å². The highest BCUT2D eigenvalue weighted by Gasteiger charge is 2.43. The van der Waals surface area contributed by atoms with Crippen LogP contribution in [-0.4, -0.2) is 50.2 Å². The highest BCUT2D eigenvalue weighted by molar-refractivity contribution is 5.81. The maximum absolute atomic E-state index is 11.9. The molecule has 1 aliphatic carbocycles. The topological polar surface area (TPSA) is 41.6 Å². The Balaban J connectivity index is 2.72. The Bertz CT molecular complexity index is 258. The number of hydrogen-bond acceptors (Lipinski definition) is 4. The monoisotopic (exact) mass is 242 g/mol. The predicted molar refractivity (Wildman–Crippen MR) is 69.0 cm³/mol. The van der Waals surface area contributed by atoms with Crippen LogP contribution < -0.4 is 5.32 Å². The summed E-state index contributed by atoms with van der Waals surface area (Å²) in [5, 5.41) is 3.19. The second-order valence-corrected chi connectivity index (χ2v) is 5.05. The van der Waals surface area contributed by atoms with Gasteiger partial charge in [0.2, 0.25) is 0 Å². The van der Waals surface area contributed by atoms with Gasteiger partial charge in [0.1, 0.15) is 5.54 Å². The SMILES string of the molecule is CCCN(C)C1CCCC(NC)(C(=O)OC)C1. The quantitative estimate of drug-likeness (QED) is 0.740. The van der Waals surface area contributed by atoms with Crippen LogP contribution in [0, 0.1) is 0 Å². The molecule has 1 rings (SSSR count). The first kappa shape index (κ1) is 14.5. The first-order valence-electron chi connectivity index (χ1n) is 6.57. The number of hydrogen-bond donors (Lipinski definition) is 1. The van der Waals surface area contributed by atoms with Crippen LogP contribution in [0.5, 0.6) is 0 Å². The van der Waals surface area contributed by atoms with Crippen molar-refractivity contribution in [2.24, 2.45) is 0 Å². The standard InChI is InChI=1S/C13H26N2O2/c1-5-9-15(3)11-7-6-8-13(10-11,14-2)12(16)17-4/h11,14H,5-10H2,1-4H3. The molecular formula is C13H26N2O2. The highest BCUT2D eigenvalue weighted by Crippen LogP contribution is 2.31. The van der Waals surface area contributed by atoms with Crippen molar-refractivity contribution in [2.45, 2.75) is 50.6 Å². The van der Waals surface area contributed by atoms with Gasteiger partial charge >= 0.3 is 5.97 Å². The highest BCUT2D eigenvalue weighted by atomic mass is 16.5. The molecule has 17 heavy (non-hydrogen) atoms. The van der Waals surface area contributed by atoms with Crippen LogP contribution in [0.3, 0.4) is 0 Å². The fourth-order valence-electron chi connectivity index (χ4n) is 2.87. The molecule has 2 unspecified atom stereocenters. The summed E-state index contributed by atoms with van der Waals surface area (Å²) in [6, 6.07) is 0.482. The predicted octanol–water partition coefficient (Wildman–Crippen LogP) is 1.40. The molecule has 0 aromatic rings. The van der Waals surface area contributed by atoms with Crippen LogP contribution in [0.4, 0.5) is 0 Å². The Morgan fingerprint density at radius 1 is 1.59 bits per heavy atom. The molecule has 0 bridgehead atoms. The van der Waals surface area contributed by atoms with Crippen LogP contribution >= 0.6 is 0 Å². The number of nitrogens with one attached hydrogen (secondary N) is 1. The van der Waals surface area contributed by atoms with Crippen molar-refractivity contribution in [3.8, 4) is 0 Å². The van der Waals surface area contributed by atoms with Gasteiger partial charge in [-0.25, -0.2) is 0 Å². The molecule has 0 aliphatic heterocycles. The van der Waals surface area contributed by atoms with E-state index in [1.54, 1.807) is 0 Å². The normalized spacial score (nSPS) is 29.4. The van der Waals surface area contributed by atoms with E-state index in [-0.39, 0.29) is 5.97 Å². The van der Waals surface area contributed by atoms with Gasteiger partial charge in [-0.3, -0.25) is 4.79 Å². The summed E-state index contributed by atoms with van der Waals surface area (Å²) in [7, 11) is 5.48. The zero-order chi connectivity index (χ0) is 12.9. The van der Waals surface area contributed by atoms with Gasteiger partial charge < -0.3 is 15.0 Å². The molecule has 0 heterocycles. The van der Waals surface area contributed by atoms with Crippen LogP contribution in [0.2, 0.25) is 0 Å². The number of likely N-dealkylation sites (N-methyl/N-ethyl adjacent to an activating group) is 1. The minimum Gasteiger partial charge on any atom is -0.468 e. The third kappa shape index (κ3) is 3.19. The molecule has 100 valence electrons. The summed E-state index contributed by atoms with van der Waals surface area (Å²) < 4.78 is 4.95. The molecule has 4 heteroatoms. The molecule has 4 nitrogen and oxygen atoms in total. The minimum absolute atomic E-state index is 0.116. The van der Waals surface area contributed by atoms with E-state index >= 15 is 0 Å². The van der Waals surface area contributed by atoms with Crippen LogP contribution in [0.25, 0.3) is 0 Å².